The third kappa shape index (κ3) is 2.96. The molecule has 0 bridgehead atoms. The van der Waals surface area contributed by atoms with Crippen LogP contribution < -0.4 is 0 Å². The Morgan fingerprint density at radius 3 is 2.84 bits per heavy atom. The van der Waals surface area contributed by atoms with Gasteiger partial charge in [0.25, 0.3) is 0 Å². The number of nitrogens with zero attached hydrogens (tertiary/aromatic N) is 1. The molecule has 0 amide bonds. The van der Waals surface area contributed by atoms with Crippen molar-refractivity contribution >= 4 is 22.7 Å². The van der Waals surface area contributed by atoms with E-state index in [2.05, 4.69) is 9.72 Å². The van der Waals surface area contributed by atoms with Crippen LogP contribution in [0.15, 0.2) is 36.5 Å². The van der Waals surface area contributed by atoms with Gasteiger partial charge in [-0.15, -0.1) is 0 Å². The summed E-state index contributed by atoms with van der Waals surface area (Å²) < 4.78 is 4.58. The van der Waals surface area contributed by atoms with E-state index in [1.54, 1.807) is 25.3 Å². The average Bonchev–Trinajstić information content (AvgIpc) is 2.45. The monoisotopic (exact) mass is 257 g/mol. The number of carbonyl (C=O) groups excluding carboxylic acids is 2. The molecule has 0 saturated carbocycles. The van der Waals surface area contributed by atoms with Crippen molar-refractivity contribution in [1.29, 1.82) is 0 Å². The van der Waals surface area contributed by atoms with Gasteiger partial charge in [-0.25, -0.2) is 0 Å². The molecule has 0 N–H and O–H groups in total. The zero-order chi connectivity index (χ0) is 13.8. The zero-order valence-corrected chi connectivity index (χ0v) is 10.9. The summed E-state index contributed by atoms with van der Waals surface area (Å²) in [6.07, 6.45) is 1.81. The van der Waals surface area contributed by atoms with Crippen LogP contribution in [0.2, 0.25) is 0 Å². The van der Waals surface area contributed by atoms with Gasteiger partial charge in [-0.2, -0.15) is 0 Å². The highest BCUT2D eigenvalue weighted by molar-refractivity contribution is 6.01. The van der Waals surface area contributed by atoms with Crippen molar-refractivity contribution < 1.29 is 14.3 Å². The van der Waals surface area contributed by atoms with Gasteiger partial charge in [-0.1, -0.05) is 13.0 Å². The molecule has 0 aliphatic heterocycles. The van der Waals surface area contributed by atoms with Crippen molar-refractivity contribution in [1.82, 2.24) is 4.98 Å². The number of fused-ring (bicyclic) bond motifs is 1. The number of esters is 1. The SMILES string of the molecule is COC(=O)CC(C)C(=O)c1ccc2ncccc2c1. The number of benzene rings is 1. The smallest absolute Gasteiger partial charge is 0.306 e. The average molecular weight is 257 g/mol. The number of hydrogen-bond acceptors (Lipinski definition) is 4. The molecule has 0 spiro atoms. The van der Waals surface area contributed by atoms with Gasteiger partial charge in [-0.05, 0) is 24.3 Å². The van der Waals surface area contributed by atoms with E-state index in [0.29, 0.717) is 5.56 Å². The predicted octanol–water partition coefficient (Wildman–Crippen LogP) is 2.62. The van der Waals surface area contributed by atoms with Gasteiger partial charge >= 0.3 is 5.97 Å². The molecule has 1 heterocycles. The van der Waals surface area contributed by atoms with E-state index in [1.807, 2.05) is 18.2 Å². The van der Waals surface area contributed by atoms with Crippen LogP contribution in [-0.2, 0) is 9.53 Å². The first-order chi connectivity index (χ1) is 9.11. The van der Waals surface area contributed by atoms with Crippen molar-refractivity contribution in [2.75, 3.05) is 7.11 Å². The van der Waals surface area contributed by atoms with E-state index in [4.69, 9.17) is 0 Å². The molecular weight excluding hydrogens is 242 g/mol. The van der Waals surface area contributed by atoms with Gasteiger partial charge in [0.1, 0.15) is 0 Å². The molecule has 1 aromatic carbocycles. The molecule has 0 aliphatic carbocycles. The number of pyridine rings is 1. The highest BCUT2D eigenvalue weighted by Gasteiger charge is 2.19. The number of Topliss-reactive ketones (excluding diaryl/α,β-unsaturated/α-hetero) is 1. The largest absolute Gasteiger partial charge is 0.469 e. The van der Waals surface area contributed by atoms with E-state index in [0.717, 1.165) is 10.9 Å². The first kappa shape index (κ1) is 13.2. The van der Waals surface area contributed by atoms with Crippen molar-refractivity contribution in [2.45, 2.75) is 13.3 Å². The van der Waals surface area contributed by atoms with Crippen molar-refractivity contribution in [3.05, 3.63) is 42.1 Å². The standard InChI is InChI=1S/C15H15NO3/c1-10(8-14(17)19-2)15(18)12-5-6-13-11(9-12)4-3-7-16-13/h3-7,9-10H,8H2,1-2H3. The third-order valence-electron chi connectivity index (χ3n) is 3.04. The summed E-state index contributed by atoms with van der Waals surface area (Å²) in [5.41, 5.74) is 1.44. The van der Waals surface area contributed by atoms with Crippen LogP contribution in [0.5, 0.6) is 0 Å². The van der Waals surface area contributed by atoms with Gasteiger partial charge in [0.2, 0.25) is 0 Å². The molecule has 1 unspecified atom stereocenters. The maximum absolute atomic E-state index is 12.2. The fraction of sp³-hybridized carbons (Fsp3) is 0.267. The first-order valence-electron chi connectivity index (χ1n) is 6.07. The number of methoxy groups -OCH3 is 1. The molecule has 4 heteroatoms. The molecule has 1 aromatic heterocycles. The van der Waals surface area contributed by atoms with E-state index < -0.39 is 0 Å². The van der Waals surface area contributed by atoms with Gasteiger partial charge in [0, 0.05) is 23.1 Å². The van der Waals surface area contributed by atoms with Gasteiger partial charge in [0.05, 0.1) is 19.0 Å². The predicted molar refractivity (Wildman–Crippen MR) is 71.9 cm³/mol. The molecule has 0 aliphatic rings. The number of carbonyl (C=O) groups is 2. The van der Waals surface area contributed by atoms with Crippen LogP contribution in [0.25, 0.3) is 10.9 Å². The summed E-state index contributed by atoms with van der Waals surface area (Å²) in [5.74, 6) is -0.818. The Labute approximate surface area is 111 Å². The molecule has 2 rings (SSSR count). The minimum absolute atomic E-state index is 0.0591. The third-order valence-corrected chi connectivity index (χ3v) is 3.04. The summed E-state index contributed by atoms with van der Waals surface area (Å²) in [7, 11) is 1.32. The van der Waals surface area contributed by atoms with E-state index in [1.165, 1.54) is 7.11 Å². The molecule has 0 radical (unpaired) electrons. The van der Waals surface area contributed by atoms with Crippen molar-refractivity contribution in [3.63, 3.8) is 0 Å². The lowest BCUT2D eigenvalue weighted by Gasteiger charge is -2.09. The summed E-state index contributed by atoms with van der Waals surface area (Å²) in [6.45, 7) is 1.73. The van der Waals surface area contributed by atoms with Gasteiger partial charge in [0.15, 0.2) is 5.78 Å². The Morgan fingerprint density at radius 1 is 1.32 bits per heavy atom. The molecule has 0 saturated heterocycles. The van der Waals surface area contributed by atoms with Gasteiger partial charge in [-0.3, -0.25) is 14.6 Å². The summed E-state index contributed by atoms with van der Waals surface area (Å²) in [5, 5.41) is 0.915. The molecule has 98 valence electrons. The Morgan fingerprint density at radius 2 is 2.11 bits per heavy atom. The van der Waals surface area contributed by atoms with Gasteiger partial charge < -0.3 is 4.74 Å². The quantitative estimate of drug-likeness (QED) is 0.624. The second-order valence-corrected chi connectivity index (χ2v) is 4.46. The van der Waals surface area contributed by atoms with Crippen LogP contribution in [0.4, 0.5) is 0 Å². The van der Waals surface area contributed by atoms with Crippen molar-refractivity contribution in [2.24, 2.45) is 5.92 Å². The fourth-order valence-corrected chi connectivity index (χ4v) is 1.94. The highest BCUT2D eigenvalue weighted by Crippen LogP contribution is 2.18. The van der Waals surface area contributed by atoms with Crippen molar-refractivity contribution in [3.8, 4) is 0 Å². The first-order valence-corrected chi connectivity index (χ1v) is 6.07. The molecular formula is C15H15NO3. The topological polar surface area (TPSA) is 56.3 Å². The molecule has 19 heavy (non-hydrogen) atoms. The maximum Gasteiger partial charge on any atom is 0.306 e. The number of ether oxygens (including phenoxy) is 1. The number of hydrogen-bond donors (Lipinski definition) is 0. The maximum atomic E-state index is 12.2. The normalized spacial score (nSPS) is 12.1. The number of ketones is 1. The molecule has 0 fully saturated rings. The van der Waals surface area contributed by atoms with Crippen LogP contribution in [0.1, 0.15) is 23.7 Å². The number of rotatable bonds is 4. The molecule has 2 aromatic rings. The molecule has 1 atom stereocenters. The van der Waals surface area contributed by atoms with Crippen LogP contribution in [0.3, 0.4) is 0 Å². The van der Waals surface area contributed by atoms with Crippen LogP contribution in [0, 0.1) is 5.92 Å². The van der Waals surface area contributed by atoms with E-state index >= 15 is 0 Å². The van der Waals surface area contributed by atoms with Crippen LogP contribution >= 0.6 is 0 Å². The fourth-order valence-electron chi connectivity index (χ4n) is 1.94. The zero-order valence-electron chi connectivity index (χ0n) is 10.9. The lowest BCUT2D eigenvalue weighted by Crippen LogP contribution is -2.16. The van der Waals surface area contributed by atoms with E-state index in [9.17, 15) is 9.59 Å². The Bertz CT molecular complexity index is 622. The van der Waals surface area contributed by atoms with E-state index in [-0.39, 0.29) is 24.1 Å². The Kier molecular flexibility index (Phi) is 3.90. The summed E-state index contributed by atoms with van der Waals surface area (Å²) in [4.78, 5) is 27.6. The lowest BCUT2D eigenvalue weighted by atomic mass is 9.95. The summed E-state index contributed by atoms with van der Waals surface area (Å²) in [6, 6.07) is 9.09. The Balaban J connectivity index is 2.23. The Hall–Kier alpha value is -2.23. The molecule has 4 nitrogen and oxygen atoms in total. The number of aromatic nitrogens is 1. The summed E-state index contributed by atoms with van der Waals surface area (Å²) >= 11 is 0. The lowest BCUT2D eigenvalue weighted by molar-refractivity contribution is -0.141. The van der Waals surface area contributed by atoms with Crippen LogP contribution in [-0.4, -0.2) is 23.8 Å². The second kappa shape index (κ2) is 5.61. The second-order valence-electron chi connectivity index (χ2n) is 4.46. The highest BCUT2D eigenvalue weighted by atomic mass is 16.5. The minimum Gasteiger partial charge on any atom is -0.469 e. The minimum atomic E-state index is -0.387.